The van der Waals surface area contributed by atoms with Gasteiger partial charge in [-0.15, -0.1) is 11.3 Å². The number of hydrogen-bond acceptors (Lipinski definition) is 3. The number of aromatic nitrogens is 1. The predicted molar refractivity (Wildman–Crippen MR) is 83.0 cm³/mol. The Morgan fingerprint density at radius 3 is 2.79 bits per heavy atom. The van der Waals surface area contributed by atoms with Crippen LogP contribution in [0.3, 0.4) is 0 Å². The molecule has 3 aromatic rings. The van der Waals surface area contributed by atoms with E-state index in [0.29, 0.717) is 0 Å². The Bertz CT molecular complexity index is 674. The first-order valence-electron chi connectivity index (χ1n) is 6.46. The van der Waals surface area contributed by atoms with Gasteiger partial charge in [0.05, 0.1) is 15.2 Å². The van der Waals surface area contributed by atoms with Crippen molar-refractivity contribution in [2.75, 3.05) is 11.9 Å². The van der Waals surface area contributed by atoms with Crippen LogP contribution < -0.4 is 5.32 Å². The van der Waals surface area contributed by atoms with Crippen LogP contribution in [-0.2, 0) is 6.42 Å². The Balaban J connectivity index is 1.65. The van der Waals surface area contributed by atoms with Crippen LogP contribution in [-0.4, -0.2) is 11.5 Å². The summed E-state index contributed by atoms with van der Waals surface area (Å²) in [4.78, 5) is 4.47. The van der Waals surface area contributed by atoms with Crippen molar-refractivity contribution < 1.29 is 0 Å². The van der Waals surface area contributed by atoms with Crippen LogP contribution in [0.5, 0.6) is 0 Å². The number of nitrogens with zero attached hydrogens (tertiary/aromatic N) is 1. The number of aryl methyl sites for hydroxylation is 1. The van der Waals surface area contributed by atoms with Crippen LogP contribution in [0.15, 0.2) is 48.5 Å². The van der Waals surface area contributed by atoms with Crippen molar-refractivity contribution in [1.29, 1.82) is 0 Å². The first-order chi connectivity index (χ1) is 9.31. The Labute approximate surface area is 117 Å². The van der Waals surface area contributed by atoms with Crippen molar-refractivity contribution in [1.82, 2.24) is 4.98 Å². The first-order valence-corrected chi connectivity index (χ1v) is 7.28. The summed E-state index contributed by atoms with van der Waals surface area (Å²) < 4.78 is 1.25. The lowest BCUT2D eigenvalue weighted by Crippen LogP contribution is -2.04. The average Bonchev–Trinajstić information content (AvgIpc) is 2.79. The molecule has 0 spiro atoms. The minimum absolute atomic E-state index is 0.952. The highest BCUT2D eigenvalue weighted by Crippen LogP contribution is 2.24. The average molecular weight is 268 g/mol. The zero-order chi connectivity index (χ0) is 13.1. The highest BCUT2D eigenvalue weighted by molar-refractivity contribution is 7.18. The van der Waals surface area contributed by atoms with Gasteiger partial charge in [0, 0.05) is 12.2 Å². The maximum atomic E-state index is 4.47. The maximum absolute atomic E-state index is 4.47. The minimum atomic E-state index is 0.952. The molecule has 0 bridgehead atoms. The number of hydrogen-bond donors (Lipinski definition) is 1. The largest absolute Gasteiger partial charge is 0.385 e. The molecule has 2 aromatic carbocycles. The topological polar surface area (TPSA) is 24.9 Å². The molecule has 0 fully saturated rings. The van der Waals surface area contributed by atoms with Gasteiger partial charge >= 0.3 is 0 Å². The Morgan fingerprint density at radius 1 is 1.11 bits per heavy atom. The van der Waals surface area contributed by atoms with Crippen LogP contribution in [0.2, 0.25) is 0 Å². The lowest BCUT2D eigenvalue weighted by atomic mass is 10.1. The third kappa shape index (κ3) is 2.93. The first kappa shape index (κ1) is 12.2. The molecule has 1 aromatic heterocycles. The van der Waals surface area contributed by atoms with Crippen LogP contribution in [0.25, 0.3) is 10.2 Å². The van der Waals surface area contributed by atoms with Crippen molar-refractivity contribution in [3.63, 3.8) is 0 Å². The van der Waals surface area contributed by atoms with E-state index in [1.54, 1.807) is 11.3 Å². The summed E-state index contributed by atoms with van der Waals surface area (Å²) in [5.41, 5.74) is 3.63. The van der Waals surface area contributed by atoms with Crippen molar-refractivity contribution >= 4 is 27.2 Å². The second kappa shape index (κ2) is 5.41. The summed E-state index contributed by atoms with van der Waals surface area (Å²) in [6.07, 6.45) is 1.04. The molecule has 1 heterocycles. The highest BCUT2D eigenvalue weighted by atomic mass is 32.1. The fourth-order valence-electron chi connectivity index (χ4n) is 2.15. The van der Waals surface area contributed by atoms with E-state index in [1.807, 2.05) is 6.92 Å². The molecule has 3 heteroatoms. The Hall–Kier alpha value is -1.87. The quantitative estimate of drug-likeness (QED) is 0.764. The Kier molecular flexibility index (Phi) is 3.47. The number of nitrogens with one attached hydrogen (secondary N) is 1. The van der Waals surface area contributed by atoms with Gasteiger partial charge in [0.1, 0.15) is 0 Å². The molecule has 3 rings (SSSR count). The Morgan fingerprint density at radius 2 is 1.95 bits per heavy atom. The summed E-state index contributed by atoms with van der Waals surface area (Å²) in [6, 6.07) is 16.9. The molecule has 0 atom stereocenters. The third-order valence-electron chi connectivity index (χ3n) is 3.08. The molecule has 0 saturated carbocycles. The van der Waals surface area contributed by atoms with E-state index in [9.17, 15) is 0 Å². The smallest absolute Gasteiger partial charge is 0.0907 e. The monoisotopic (exact) mass is 268 g/mol. The van der Waals surface area contributed by atoms with Gasteiger partial charge in [0.2, 0.25) is 0 Å². The number of rotatable bonds is 4. The maximum Gasteiger partial charge on any atom is 0.0907 e. The summed E-state index contributed by atoms with van der Waals surface area (Å²) >= 11 is 1.75. The number of benzene rings is 2. The summed E-state index contributed by atoms with van der Waals surface area (Å²) in [7, 11) is 0. The fraction of sp³-hybridized carbons (Fsp3) is 0.188. The second-order valence-electron chi connectivity index (χ2n) is 4.58. The minimum Gasteiger partial charge on any atom is -0.385 e. The molecule has 0 aliphatic heterocycles. The number of anilines is 1. The molecule has 0 saturated heterocycles. The molecule has 0 amide bonds. The number of fused-ring (bicyclic) bond motifs is 1. The van der Waals surface area contributed by atoms with Gasteiger partial charge in [-0.25, -0.2) is 4.98 Å². The van der Waals surface area contributed by atoms with E-state index >= 15 is 0 Å². The van der Waals surface area contributed by atoms with Gasteiger partial charge in [-0.3, -0.25) is 0 Å². The van der Waals surface area contributed by atoms with Crippen molar-refractivity contribution in [2.24, 2.45) is 0 Å². The molecule has 0 unspecified atom stereocenters. The summed E-state index contributed by atoms with van der Waals surface area (Å²) in [5.74, 6) is 0. The van der Waals surface area contributed by atoms with E-state index in [1.165, 1.54) is 16.0 Å². The fourth-order valence-corrected chi connectivity index (χ4v) is 3.01. The van der Waals surface area contributed by atoms with Gasteiger partial charge in [0.25, 0.3) is 0 Å². The molecule has 0 aliphatic rings. The van der Waals surface area contributed by atoms with Crippen molar-refractivity contribution in [2.45, 2.75) is 13.3 Å². The zero-order valence-corrected chi connectivity index (χ0v) is 11.7. The van der Waals surface area contributed by atoms with Crippen LogP contribution >= 0.6 is 11.3 Å². The molecule has 0 radical (unpaired) electrons. The van der Waals surface area contributed by atoms with E-state index in [-0.39, 0.29) is 0 Å². The standard InChI is InChI=1S/C16H16N2S/c1-12-18-15-8-7-14(11-16(15)19-12)17-10-9-13-5-3-2-4-6-13/h2-8,11,17H,9-10H2,1H3. The molecule has 19 heavy (non-hydrogen) atoms. The summed E-state index contributed by atoms with van der Waals surface area (Å²) in [6.45, 7) is 3.00. The highest BCUT2D eigenvalue weighted by Gasteiger charge is 2.01. The van der Waals surface area contributed by atoms with E-state index in [2.05, 4.69) is 58.8 Å². The van der Waals surface area contributed by atoms with E-state index in [0.717, 1.165) is 23.5 Å². The zero-order valence-electron chi connectivity index (χ0n) is 10.9. The lowest BCUT2D eigenvalue weighted by molar-refractivity contribution is 1.02. The molecule has 1 N–H and O–H groups in total. The lowest BCUT2D eigenvalue weighted by Gasteiger charge is -2.06. The molecular weight excluding hydrogens is 252 g/mol. The van der Waals surface area contributed by atoms with E-state index in [4.69, 9.17) is 0 Å². The predicted octanol–water partition coefficient (Wildman–Crippen LogP) is 4.26. The van der Waals surface area contributed by atoms with Crippen LogP contribution in [0.4, 0.5) is 5.69 Å². The van der Waals surface area contributed by atoms with Gasteiger partial charge in [-0.05, 0) is 37.1 Å². The normalized spacial score (nSPS) is 10.8. The SMILES string of the molecule is Cc1nc2ccc(NCCc3ccccc3)cc2s1. The van der Waals surface area contributed by atoms with Crippen LogP contribution in [0, 0.1) is 6.92 Å². The third-order valence-corrected chi connectivity index (χ3v) is 4.01. The van der Waals surface area contributed by atoms with Crippen LogP contribution in [0.1, 0.15) is 10.6 Å². The van der Waals surface area contributed by atoms with E-state index < -0.39 is 0 Å². The van der Waals surface area contributed by atoms with Crippen molar-refractivity contribution in [3.05, 3.63) is 59.1 Å². The molecular formula is C16H16N2S. The van der Waals surface area contributed by atoms with Crippen molar-refractivity contribution in [3.8, 4) is 0 Å². The van der Waals surface area contributed by atoms with Gasteiger partial charge < -0.3 is 5.32 Å². The molecule has 96 valence electrons. The number of thiazole rings is 1. The summed E-state index contributed by atoms with van der Waals surface area (Å²) in [5, 5.41) is 4.60. The molecule has 2 nitrogen and oxygen atoms in total. The van der Waals surface area contributed by atoms with Gasteiger partial charge in [0.15, 0.2) is 0 Å². The van der Waals surface area contributed by atoms with Gasteiger partial charge in [-0.1, -0.05) is 30.3 Å². The van der Waals surface area contributed by atoms with Gasteiger partial charge in [-0.2, -0.15) is 0 Å². The molecule has 0 aliphatic carbocycles. The second-order valence-corrected chi connectivity index (χ2v) is 5.81.